The fourth-order valence-electron chi connectivity index (χ4n) is 2.49. The van der Waals surface area contributed by atoms with Crippen molar-refractivity contribution in [1.29, 1.82) is 0 Å². The molecule has 1 unspecified atom stereocenters. The van der Waals surface area contributed by atoms with Gasteiger partial charge in [0.25, 0.3) is 0 Å². The lowest BCUT2D eigenvalue weighted by Crippen LogP contribution is -2.15. The summed E-state index contributed by atoms with van der Waals surface area (Å²) in [5.74, 6) is 0. The van der Waals surface area contributed by atoms with Crippen molar-refractivity contribution < 1.29 is 9.53 Å². The Morgan fingerprint density at radius 1 is 1.05 bits per heavy atom. The number of rotatable bonds is 4. The molecular weight excluding hydrogens is 298 g/mol. The Balaban J connectivity index is 1.79. The number of hydrogen-bond donors (Lipinski definition) is 1. The molecular formula is C18H16ClNO2. The molecule has 112 valence electrons. The molecule has 1 amide bonds. The second-order valence-corrected chi connectivity index (χ2v) is 5.51. The lowest BCUT2D eigenvalue weighted by Gasteiger charge is -2.12. The third-order valence-corrected chi connectivity index (χ3v) is 4.03. The minimum Gasteiger partial charge on any atom is -0.439 e. The number of amides is 1. The van der Waals surface area contributed by atoms with Gasteiger partial charge in [-0.05, 0) is 24.0 Å². The molecule has 0 aliphatic carbocycles. The van der Waals surface area contributed by atoms with Gasteiger partial charge in [0.1, 0.15) is 6.10 Å². The van der Waals surface area contributed by atoms with Gasteiger partial charge in [0.2, 0.25) is 0 Å². The summed E-state index contributed by atoms with van der Waals surface area (Å²) in [7, 11) is 0. The largest absolute Gasteiger partial charge is 0.439 e. The van der Waals surface area contributed by atoms with Crippen molar-refractivity contribution in [3.63, 3.8) is 0 Å². The highest BCUT2D eigenvalue weighted by molar-refractivity contribution is 6.49. The summed E-state index contributed by atoms with van der Waals surface area (Å²) in [4.78, 5) is 11.6. The van der Waals surface area contributed by atoms with Crippen LogP contribution in [0.25, 0.3) is 5.03 Å². The van der Waals surface area contributed by atoms with E-state index in [1.54, 1.807) is 0 Å². The molecule has 1 saturated heterocycles. The zero-order valence-corrected chi connectivity index (χ0v) is 12.7. The van der Waals surface area contributed by atoms with Crippen LogP contribution in [0.15, 0.2) is 66.4 Å². The van der Waals surface area contributed by atoms with E-state index in [2.05, 4.69) is 17.4 Å². The molecule has 0 bridgehead atoms. The molecule has 0 aromatic heterocycles. The molecule has 2 aromatic carbocycles. The predicted octanol–water partition coefficient (Wildman–Crippen LogP) is 4.34. The normalized spacial score (nSPS) is 19.5. The Morgan fingerprint density at radius 3 is 2.36 bits per heavy atom. The maximum atomic E-state index is 11.6. The lowest BCUT2D eigenvalue weighted by molar-refractivity contribution is 0.141. The average molecular weight is 314 g/mol. The van der Waals surface area contributed by atoms with Crippen LogP contribution >= 0.6 is 11.6 Å². The van der Waals surface area contributed by atoms with Gasteiger partial charge in [-0.3, -0.25) is 5.32 Å². The summed E-state index contributed by atoms with van der Waals surface area (Å²) in [6, 6.07) is 19.7. The van der Waals surface area contributed by atoms with E-state index in [9.17, 15) is 4.79 Å². The average Bonchev–Trinajstić information content (AvgIpc) is 2.95. The molecule has 22 heavy (non-hydrogen) atoms. The van der Waals surface area contributed by atoms with Gasteiger partial charge >= 0.3 is 6.09 Å². The molecule has 1 atom stereocenters. The number of alkyl carbamates (subject to hydrolysis) is 1. The van der Waals surface area contributed by atoms with E-state index < -0.39 is 6.09 Å². The molecule has 1 aliphatic heterocycles. The van der Waals surface area contributed by atoms with Crippen molar-refractivity contribution in [2.24, 2.45) is 0 Å². The van der Waals surface area contributed by atoms with E-state index in [-0.39, 0.29) is 6.10 Å². The summed E-state index contributed by atoms with van der Waals surface area (Å²) >= 11 is 6.44. The van der Waals surface area contributed by atoms with Crippen LogP contribution in [0.3, 0.4) is 0 Å². The van der Waals surface area contributed by atoms with Gasteiger partial charge in [-0.1, -0.05) is 72.3 Å². The quantitative estimate of drug-likeness (QED) is 0.912. The van der Waals surface area contributed by atoms with Crippen LogP contribution in [-0.2, 0) is 11.2 Å². The Hall–Kier alpha value is -2.26. The number of halogens is 1. The second-order valence-electron chi connectivity index (χ2n) is 5.14. The van der Waals surface area contributed by atoms with Crippen LogP contribution in [0.2, 0.25) is 0 Å². The van der Waals surface area contributed by atoms with E-state index in [4.69, 9.17) is 16.3 Å². The van der Waals surface area contributed by atoms with Gasteiger partial charge < -0.3 is 4.74 Å². The first-order chi connectivity index (χ1) is 10.7. The van der Waals surface area contributed by atoms with Crippen LogP contribution in [-0.4, -0.2) is 12.2 Å². The number of carbonyl (C=O) groups is 1. The molecule has 4 heteroatoms. The Bertz CT molecular complexity index is 683. The van der Waals surface area contributed by atoms with E-state index in [1.165, 1.54) is 5.56 Å². The van der Waals surface area contributed by atoms with Crippen molar-refractivity contribution in [3.8, 4) is 0 Å². The van der Waals surface area contributed by atoms with Crippen LogP contribution in [0.1, 0.15) is 17.5 Å². The van der Waals surface area contributed by atoms with E-state index in [1.807, 2.05) is 48.5 Å². The molecule has 3 nitrogen and oxygen atoms in total. The number of carbonyl (C=O) groups excluding carboxylic acids is 1. The molecule has 0 saturated carbocycles. The third kappa shape index (κ3) is 3.31. The van der Waals surface area contributed by atoms with E-state index in [0.29, 0.717) is 17.2 Å². The fraction of sp³-hybridized carbons (Fsp3) is 0.167. The highest BCUT2D eigenvalue weighted by Gasteiger charge is 2.30. The van der Waals surface area contributed by atoms with Crippen LogP contribution in [0.5, 0.6) is 0 Å². The minimum absolute atomic E-state index is 0.333. The van der Waals surface area contributed by atoms with E-state index in [0.717, 1.165) is 12.0 Å². The summed E-state index contributed by atoms with van der Waals surface area (Å²) in [5, 5.41) is 3.26. The van der Waals surface area contributed by atoms with Crippen molar-refractivity contribution in [2.45, 2.75) is 18.9 Å². The Labute approximate surface area is 134 Å². The SMILES string of the molecule is O=C1N/C(=C(\Cl)c2ccccc2)C(CCc2ccccc2)O1. The van der Waals surface area contributed by atoms with Crippen LogP contribution in [0, 0.1) is 0 Å². The summed E-state index contributed by atoms with van der Waals surface area (Å²) in [5.41, 5.74) is 2.73. The molecule has 3 rings (SSSR count). The van der Waals surface area contributed by atoms with Crippen molar-refractivity contribution in [2.75, 3.05) is 0 Å². The van der Waals surface area contributed by atoms with E-state index >= 15 is 0 Å². The Kier molecular flexibility index (Phi) is 4.45. The number of hydrogen-bond acceptors (Lipinski definition) is 2. The van der Waals surface area contributed by atoms with Crippen molar-refractivity contribution in [3.05, 3.63) is 77.5 Å². The van der Waals surface area contributed by atoms with Gasteiger partial charge in [-0.2, -0.15) is 0 Å². The molecule has 1 fully saturated rings. The fourth-order valence-corrected chi connectivity index (χ4v) is 2.78. The Morgan fingerprint density at radius 2 is 1.68 bits per heavy atom. The number of ether oxygens (including phenoxy) is 1. The topological polar surface area (TPSA) is 38.3 Å². The number of aryl methyl sites for hydroxylation is 1. The molecule has 1 N–H and O–H groups in total. The summed E-state index contributed by atoms with van der Waals surface area (Å²) < 4.78 is 5.35. The first kappa shape index (κ1) is 14.7. The van der Waals surface area contributed by atoms with Crippen LogP contribution < -0.4 is 5.32 Å². The van der Waals surface area contributed by atoms with Crippen molar-refractivity contribution >= 4 is 22.7 Å². The summed E-state index contributed by atoms with van der Waals surface area (Å²) in [6.07, 6.45) is 0.743. The zero-order valence-electron chi connectivity index (χ0n) is 12.0. The zero-order chi connectivity index (χ0) is 15.4. The van der Waals surface area contributed by atoms with Crippen molar-refractivity contribution in [1.82, 2.24) is 5.32 Å². The molecule has 1 aliphatic rings. The summed E-state index contributed by atoms with van der Waals surface area (Å²) in [6.45, 7) is 0. The standard InChI is InChI=1S/C18H16ClNO2/c19-16(14-9-5-2-6-10-14)17-15(22-18(21)20-17)12-11-13-7-3-1-4-8-13/h1-10,15H,11-12H2,(H,20,21)/b17-16-. The number of nitrogens with one attached hydrogen (secondary N) is 1. The number of benzene rings is 2. The number of cyclic esters (lactones) is 1. The first-order valence-electron chi connectivity index (χ1n) is 7.20. The minimum atomic E-state index is -0.442. The predicted molar refractivity (Wildman–Crippen MR) is 87.4 cm³/mol. The maximum absolute atomic E-state index is 11.6. The molecule has 1 heterocycles. The van der Waals surface area contributed by atoms with Gasteiger partial charge in [-0.15, -0.1) is 0 Å². The lowest BCUT2D eigenvalue weighted by atomic mass is 10.0. The van der Waals surface area contributed by atoms with Gasteiger partial charge in [0, 0.05) is 0 Å². The molecule has 0 radical (unpaired) electrons. The highest BCUT2D eigenvalue weighted by Crippen LogP contribution is 2.29. The smallest absolute Gasteiger partial charge is 0.412 e. The van der Waals surface area contributed by atoms with Crippen LogP contribution in [0.4, 0.5) is 4.79 Å². The van der Waals surface area contributed by atoms with Gasteiger partial charge in [0.15, 0.2) is 0 Å². The highest BCUT2D eigenvalue weighted by atomic mass is 35.5. The maximum Gasteiger partial charge on any atom is 0.412 e. The monoisotopic (exact) mass is 313 g/mol. The third-order valence-electron chi connectivity index (χ3n) is 3.61. The van der Waals surface area contributed by atoms with Gasteiger partial charge in [0.05, 0.1) is 10.7 Å². The molecule has 0 spiro atoms. The molecule has 2 aromatic rings. The van der Waals surface area contributed by atoms with Gasteiger partial charge in [-0.25, -0.2) is 4.79 Å². The first-order valence-corrected chi connectivity index (χ1v) is 7.58. The second kappa shape index (κ2) is 6.67.